The molecule has 1 aromatic heterocycles. The van der Waals surface area contributed by atoms with E-state index in [1.807, 2.05) is 23.3 Å². The molecule has 0 unspecified atom stereocenters. The standard InChI is InChI=1S/C23H38N2S2/c1-5-9-13-19-15-16-21-22(20(19)14-10-6-2)24-23(26-21)27-25(17-11-7-3)18-12-8-4/h15-16H,5-14,17-18H2,1-4H3. The summed E-state index contributed by atoms with van der Waals surface area (Å²) in [6, 6.07) is 4.70. The quantitative estimate of drug-likeness (QED) is 0.297. The van der Waals surface area contributed by atoms with Crippen LogP contribution in [-0.4, -0.2) is 22.4 Å². The Hall–Kier alpha value is -0.580. The molecule has 1 aromatic carbocycles. The Morgan fingerprint density at radius 2 is 1.48 bits per heavy atom. The zero-order chi connectivity index (χ0) is 19.5. The Balaban J connectivity index is 2.24. The maximum Gasteiger partial charge on any atom is 0.166 e. The van der Waals surface area contributed by atoms with Gasteiger partial charge in [0, 0.05) is 13.1 Å². The lowest BCUT2D eigenvalue weighted by molar-refractivity contribution is 0.444. The fourth-order valence-corrected chi connectivity index (χ4v) is 5.58. The van der Waals surface area contributed by atoms with Gasteiger partial charge in [-0.05, 0) is 67.7 Å². The van der Waals surface area contributed by atoms with Crippen LogP contribution in [0.5, 0.6) is 0 Å². The van der Waals surface area contributed by atoms with Crippen LogP contribution in [0.15, 0.2) is 16.5 Å². The van der Waals surface area contributed by atoms with Gasteiger partial charge in [0.15, 0.2) is 4.34 Å². The molecule has 0 radical (unpaired) electrons. The second kappa shape index (κ2) is 12.8. The topological polar surface area (TPSA) is 16.1 Å². The van der Waals surface area contributed by atoms with Crippen LogP contribution in [-0.2, 0) is 12.8 Å². The lowest BCUT2D eigenvalue weighted by Crippen LogP contribution is -2.18. The van der Waals surface area contributed by atoms with Crippen molar-refractivity contribution < 1.29 is 0 Å². The van der Waals surface area contributed by atoms with E-state index < -0.39 is 0 Å². The number of fused-ring (bicyclic) bond motifs is 1. The van der Waals surface area contributed by atoms with Gasteiger partial charge in [0.2, 0.25) is 0 Å². The summed E-state index contributed by atoms with van der Waals surface area (Å²) in [7, 11) is 0. The average molecular weight is 407 g/mol. The molecule has 27 heavy (non-hydrogen) atoms. The van der Waals surface area contributed by atoms with Crippen molar-refractivity contribution in [3.05, 3.63) is 23.3 Å². The van der Waals surface area contributed by atoms with E-state index in [9.17, 15) is 0 Å². The van der Waals surface area contributed by atoms with Crippen LogP contribution in [0.4, 0.5) is 0 Å². The molecule has 2 nitrogen and oxygen atoms in total. The second-order valence-corrected chi connectivity index (χ2v) is 9.84. The first kappa shape index (κ1) is 22.7. The maximum absolute atomic E-state index is 5.13. The lowest BCUT2D eigenvalue weighted by atomic mass is 9.97. The Morgan fingerprint density at radius 1 is 0.852 bits per heavy atom. The molecule has 1 heterocycles. The summed E-state index contributed by atoms with van der Waals surface area (Å²) >= 11 is 3.77. The van der Waals surface area contributed by atoms with Crippen LogP contribution in [0.2, 0.25) is 0 Å². The number of rotatable bonds is 14. The number of hydrogen-bond acceptors (Lipinski definition) is 4. The van der Waals surface area contributed by atoms with Crippen LogP contribution in [0.25, 0.3) is 10.2 Å². The average Bonchev–Trinajstić information content (AvgIpc) is 3.09. The van der Waals surface area contributed by atoms with Crippen molar-refractivity contribution in [2.24, 2.45) is 0 Å². The summed E-state index contributed by atoms with van der Waals surface area (Å²) in [5.41, 5.74) is 4.35. The van der Waals surface area contributed by atoms with E-state index >= 15 is 0 Å². The van der Waals surface area contributed by atoms with E-state index in [4.69, 9.17) is 4.98 Å². The Bertz CT molecular complexity index is 658. The van der Waals surface area contributed by atoms with Crippen molar-refractivity contribution in [2.45, 2.75) is 96.2 Å². The summed E-state index contributed by atoms with van der Waals surface area (Å²) in [4.78, 5) is 5.13. The fourth-order valence-electron chi connectivity index (χ4n) is 3.33. The summed E-state index contributed by atoms with van der Waals surface area (Å²) in [6.45, 7) is 11.5. The van der Waals surface area contributed by atoms with Gasteiger partial charge in [-0.2, -0.15) is 0 Å². The van der Waals surface area contributed by atoms with Gasteiger partial charge in [0.25, 0.3) is 0 Å². The highest BCUT2D eigenvalue weighted by Crippen LogP contribution is 2.35. The van der Waals surface area contributed by atoms with Crippen LogP contribution in [0, 0.1) is 0 Å². The van der Waals surface area contributed by atoms with Crippen molar-refractivity contribution in [3.63, 3.8) is 0 Å². The number of benzene rings is 1. The zero-order valence-electron chi connectivity index (χ0n) is 17.9. The van der Waals surface area contributed by atoms with Gasteiger partial charge >= 0.3 is 0 Å². The Morgan fingerprint density at radius 3 is 2.11 bits per heavy atom. The molecule has 0 spiro atoms. The molecule has 152 valence electrons. The largest absolute Gasteiger partial charge is 0.244 e. The molecule has 0 aliphatic carbocycles. The molecule has 4 heteroatoms. The van der Waals surface area contributed by atoms with Gasteiger partial charge in [-0.1, -0.05) is 59.4 Å². The first-order valence-corrected chi connectivity index (χ1v) is 12.7. The third-order valence-electron chi connectivity index (χ3n) is 5.05. The number of hydrogen-bond donors (Lipinski definition) is 0. The van der Waals surface area contributed by atoms with Crippen molar-refractivity contribution in [1.29, 1.82) is 0 Å². The predicted molar refractivity (Wildman–Crippen MR) is 124 cm³/mol. The van der Waals surface area contributed by atoms with E-state index in [2.05, 4.69) is 44.1 Å². The van der Waals surface area contributed by atoms with Gasteiger partial charge in [-0.3, -0.25) is 0 Å². The molecular weight excluding hydrogens is 368 g/mol. The molecule has 0 aliphatic heterocycles. The van der Waals surface area contributed by atoms with E-state index in [1.165, 1.54) is 103 Å². The first-order valence-electron chi connectivity index (χ1n) is 11.1. The number of thiazole rings is 1. The molecule has 0 fully saturated rings. The molecule has 0 saturated heterocycles. The van der Waals surface area contributed by atoms with Gasteiger partial charge in [0.05, 0.1) is 10.2 Å². The Labute approximate surface area is 175 Å². The maximum atomic E-state index is 5.13. The van der Waals surface area contributed by atoms with Gasteiger partial charge < -0.3 is 0 Å². The molecule has 0 atom stereocenters. The van der Waals surface area contributed by atoms with E-state index in [-0.39, 0.29) is 0 Å². The zero-order valence-corrected chi connectivity index (χ0v) is 19.5. The summed E-state index contributed by atoms with van der Waals surface area (Å²) in [5.74, 6) is 0. The first-order chi connectivity index (χ1) is 13.2. The number of unbranched alkanes of at least 4 members (excludes halogenated alkanes) is 4. The third kappa shape index (κ3) is 7.07. The molecule has 0 saturated carbocycles. The minimum Gasteiger partial charge on any atom is -0.244 e. The number of nitrogens with zero attached hydrogens (tertiary/aromatic N) is 2. The van der Waals surface area contributed by atoms with Crippen LogP contribution >= 0.6 is 23.3 Å². The highest BCUT2D eigenvalue weighted by molar-refractivity contribution is 7.98. The van der Waals surface area contributed by atoms with Crippen LogP contribution in [0.1, 0.15) is 90.2 Å². The SMILES string of the molecule is CCCCc1ccc2sc(SN(CCCC)CCCC)nc2c1CCCC. The smallest absolute Gasteiger partial charge is 0.166 e. The summed E-state index contributed by atoms with van der Waals surface area (Å²) < 4.78 is 5.13. The van der Waals surface area contributed by atoms with E-state index in [0.29, 0.717) is 0 Å². The highest BCUT2D eigenvalue weighted by atomic mass is 32.2. The molecule has 0 N–H and O–H groups in total. The predicted octanol–water partition coefficient (Wildman–Crippen LogP) is 7.89. The Kier molecular flexibility index (Phi) is 10.8. The number of aromatic nitrogens is 1. The molecule has 0 amide bonds. The summed E-state index contributed by atoms with van der Waals surface area (Å²) in [6.07, 6.45) is 12.5. The minimum absolute atomic E-state index is 1.17. The van der Waals surface area contributed by atoms with Gasteiger partial charge in [-0.15, -0.1) is 11.3 Å². The summed E-state index contributed by atoms with van der Waals surface area (Å²) in [5, 5.41) is 0. The third-order valence-corrected chi connectivity index (χ3v) is 7.21. The molecule has 0 bridgehead atoms. The van der Waals surface area contributed by atoms with E-state index in [1.54, 1.807) is 0 Å². The fraction of sp³-hybridized carbons (Fsp3) is 0.696. The molecule has 0 aliphatic rings. The number of aryl methyl sites for hydroxylation is 2. The van der Waals surface area contributed by atoms with Crippen LogP contribution < -0.4 is 0 Å². The minimum atomic E-state index is 1.17. The van der Waals surface area contributed by atoms with Crippen molar-refractivity contribution >= 4 is 33.5 Å². The molecule has 2 aromatic rings. The highest BCUT2D eigenvalue weighted by Gasteiger charge is 2.15. The van der Waals surface area contributed by atoms with Gasteiger partial charge in [-0.25, -0.2) is 9.29 Å². The molecular formula is C23H38N2S2. The van der Waals surface area contributed by atoms with E-state index in [0.717, 1.165) is 0 Å². The van der Waals surface area contributed by atoms with Crippen LogP contribution in [0.3, 0.4) is 0 Å². The van der Waals surface area contributed by atoms with Crippen molar-refractivity contribution in [2.75, 3.05) is 13.1 Å². The normalized spacial score (nSPS) is 11.7. The lowest BCUT2D eigenvalue weighted by Gasteiger charge is -2.18. The monoisotopic (exact) mass is 406 g/mol. The second-order valence-electron chi connectivity index (χ2n) is 7.46. The molecule has 2 rings (SSSR count). The van der Waals surface area contributed by atoms with Crippen molar-refractivity contribution in [3.8, 4) is 0 Å². The van der Waals surface area contributed by atoms with Gasteiger partial charge in [0.1, 0.15) is 0 Å². The van der Waals surface area contributed by atoms with Crippen molar-refractivity contribution in [1.82, 2.24) is 9.29 Å².